The first-order valence-electron chi connectivity index (χ1n) is 12.2. The van der Waals surface area contributed by atoms with E-state index in [9.17, 15) is 18.0 Å². The van der Waals surface area contributed by atoms with E-state index in [0.29, 0.717) is 23.6 Å². The first-order valence-corrected chi connectivity index (χ1v) is 12.2. The van der Waals surface area contributed by atoms with Crippen molar-refractivity contribution in [3.05, 3.63) is 83.2 Å². The monoisotopic (exact) mass is 498 g/mol. The van der Waals surface area contributed by atoms with Crippen LogP contribution >= 0.6 is 0 Å². The van der Waals surface area contributed by atoms with Crippen molar-refractivity contribution in [3.8, 4) is 0 Å². The van der Waals surface area contributed by atoms with Crippen molar-refractivity contribution in [3.63, 3.8) is 0 Å². The number of hydrogen-bond donors (Lipinski definition) is 2. The lowest BCUT2D eigenvalue weighted by Crippen LogP contribution is -2.36. The van der Waals surface area contributed by atoms with Crippen LogP contribution in [0.1, 0.15) is 81.3 Å². The lowest BCUT2D eigenvalue weighted by Gasteiger charge is -2.21. The quantitative estimate of drug-likeness (QED) is 0.416. The van der Waals surface area contributed by atoms with Crippen molar-refractivity contribution >= 4 is 11.6 Å². The van der Waals surface area contributed by atoms with E-state index in [1.54, 1.807) is 0 Å². The highest BCUT2D eigenvalue weighted by atomic mass is 19.4. The van der Waals surface area contributed by atoms with Gasteiger partial charge in [-0.25, -0.2) is 0 Å². The molecule has 1 aliphatic rings. The topological polar surface area (TPSA) is 59.0 Å². The second-order valence-electron chi connectivity index (χ2n) is 10.8. The van der Waals surface area contributed by atoms with E-state index in [-0.39, 0.29) is 23.4 Å². The number of nitrogens with one attached hydrogen (secondary N) is 2. The van der Waals surface area contributed by atoms with Crippen LogP contribution in [-0.2, 0) is 16.5 Å². The molecule has 0 spiro atoms. The summed E-state index contributed by atoms with van der Waals surface area (Å²) in [5.41, 5.74) is 2.47. The Labute approximate surface area is 210 Å². The number of rotatable bonds is 5. The summed E-state index contributed by atoms with van der Waals surface area (Å²) in [5, 5.41) is 11.1. The normalized spacial score (nSPS) is 20.6. The summed E-state index contributed by atoms with van der Waals surface area (Å²) in [7, 11) is 0. The molecule has 2 heterocycles. The molecule has 8 heteroatoms. The van der Waals surface area contributed by atoms with Gasteiger partial charge in [-0.15, -0.1) is 0 Å². The molecule has 0 bridgehead atoms. The largest absolute Gasteiger partial charge is 0.416 e. The van der Waals surface area contributed by atoms with E-state index in [1.807, 2.05) is 62.0 Å². The van der Waals surface area contributed by atoms with Crippen molar-refractivity contribution < 1.29 is 18.0 Å². The predicted molar refractivity (Wildman–Crippen MR) is 135 cm³/mol. The Balaban J connectivity index is 1.59. The van der Waals surface area contributed by atoms with E-state index in [2.05, 4.69) is 24.5 Å². The van der Waals surface area contributed by atoms with E-state index in [1.165, 1.54) is 17.7 Å². The molecule has 1 aromatic heterocycles. The van der Waals surface area contributed by atoms with Crippen molar-refractivity contribution in [2.45, 2.75) is 76.7 Å². The van der Waals surface area contributed by atoms with Crippen molar-refractivity contribution in [1.29, 1.82) is 0 Å². The molecule has 5 nitrogen and oxygen atoms in total. The number of nitrogens with zero attached hydrogens (tertiary/aromatic N) is 2. The summed E-state index contributed by atoms with van der Waals surface area (Å²) < 4.78 is 41.2. The lowest BCUT2D eigenvalue weighted by atomic mass is 9.90. The molecule has 1 aliphatic heterocycles. The Morgan fingerprint density at radius 3 is 2.19 bits per heavy atom. The second-order valence-corrected chi connectivity index (χ2v) is 10.8. The average molecular weight is 499 g/mol. The number of hydrogen-bond acceptors (Lipinski definition) is 3. The Morgan fingerprint density at radius 2 is 1.67 bits per heavy atom. The number of carbonyl (C=O) groups is 1. The third-order valence-electron chi connectivity index (χ3n) is 6.71. The molecule has 2 N–H and O–H groups in total. The maximum absolute atomic E-state index is 13.2. The zero-order valence-corrected chi connectivity index (χ0v) is 21.2. The number of halogens is 3. The van der Waals surface area contributed by atoms with Gasteiger partial charge in [0.2, 0.25) is 5.91 Å². The van der Waals surface area contributed by atoms with Gasteiger partial charge in [-0.05, 0) is 74.6 Å². The average Bonchev–Trinajstić information content (AvgIpc) is 3.46. The Kier molecular flexibility index (Phi) is 7.01. The number of amides is 1. The van der Waals surface area contributed by atoms with Crippen molar-refractivity contribution in [2.75, 3.05) is 5.32 Å². The van der Waals surface area contributed by atoms with Gasteiger partial charge in [-0.1, -0.05) is 38.1 Å². The van der Waals surface area contributed by atoms with Gasteiger partial charge in [0.05, 0.1) is 22.8 Å². The summed E-state index contributed by atoms with van der Waals surface area (Å²) in [6.45, 7) is 10.4. The van der Waals surface area contributed by atoms with Crippen LogP contribution in [-0.4, -0.2) is 21.7 Å². The van der Waals surface area contributed by atoms with Gasteiger partial charge in [0.1, 0.15) is 0 Å². The fourth-order valence-corrected chi connectivity index (χ4v) is 4.56. The van der Waals surface area contributed by atoms with Crippen LogP contribution < -0.4 is 10.6 Å². The number of anilines is 1. The minimum Gasteiger partial charge on any atom is -0.325 e. The molecular formula is C28H33F3N4O. The first-order chi connectivity index (χ1) is 16.8. The van der Waals surface area contributed by atoms with Crippen LogP contribution in [0.15, 0.2) is 60.8 Å². The zero-order chi connectivity index (χ0) is 26.3. The van der Waals surface area contributed by atoms with E-state index >= 15 is 0 Å². The smallest absolute Gasteiger partial charge is 0.325 e. The van der Waals surface area contributed by atoms with E-state index < -0.39 is 17.8 Å². The molecule has 3 aromatic rings. The minimum atomic E-state index is -4.40. The van der Waals surface area contributed by atoms with Gasteiger partial charge >= 0.3 is 6.18 Å². The molecule has 1 amide bonds. The minimum absolute atomic E-state index is 0.176. The molecule has 3 atom stereocenters. The van der Waals surface area contributed by atoms with Gasteiger partial charge < -0.3 is 5.32 Å². The molecular weight excluding hydrogens is 465 g/mol. The standard InChI is InChI=1S/C28H33F3N4O/c1-17(2)18-8-12-21(13-9-18)32-26(36)24-16-22(23-14-15-35(34-23)27(3,4)5)25(33-24)19-6-10-20(11-7-19)28(29,30)31/h6-15,17,22,24-25,33H,16H2,1-5H3,(H,32,36)/t22-,24+,25+/m1/s1. The third-order valence-corrected chi connectivity index (χ3v) is 6.71. The van der Waals surface area contributed by atoms with Crippen LogP contribution in [0.25, 0.3) is 0 Å². The molecule has 4 rings (SSSR count). The van der Waals surface area contributed by atoms with Crippen LogP contribution in [0.3, 0.4) is 0 Å². The summed E-state index contributed by atoms with van der Waals surface area (Å²) >= 11 is 0. The zero-order valence-electron chi connectivity index (χ0n) is 21.2. The maximum Gasteiger partial charge on any atom is 0.416 e. The Morgan fingerprint density at radius 1 is 1.03 bits per heavy atom. The fourth-order valence-electron chi connectivity index (χ4n) is 4.56. The van der Waals surface area contributed by atoms with Crippen LogP contribution in [0.4, 0.5) is 18.9 Å². The highest BCUT2D eigenvalue weighted by molar-refractivity contribution is 5.95. The Hall–Kier alpha value is -3.13. The molecule has 1 fully saturated rings. The summed E-state index contributed by atoms with van der Waals surface area (Å²) in [6, 6.07) is 14.0. The third kappa shape index (κ3) is 5.64. The summed E-state index contributed by atoms with van der Waals surface area (Å²) in [5.74, 6) is 0.0378. The van der Waals surface area contributed by atoms with Crippen LogP contribution in [0.2, 0.25) is 0 Å². The number of aromatic nitrogens is 2. The number of carbonyl (C=O) groups excluding carboxylic acids is 1. The van der Waals surface area contributed by atoms with E-state index in [0.717, 1.165) is 17.8 Å². The van der Waals surface area contributed by atoms with Crippen molar-refractivity contribution in [2.24, 2.45) is 0 Å². The van der Waals surface area contributed by atoms with Gasteiger partial charge in [-0.3, -0.25) is 14.8 Å². The molecule has 1 saturated heterocycles. The molecule has 2 aromatic carbocycles. The maximum atomic E-state index is 13.2. The van der Waals surface area contributed by atoms with Crippen molar-refractivity contribution in [1.82, 2.24) is 15.1 Å². The van der Waals surface area contributed by atoms with E-state index in [4.69, 9.17) is 5.10 Å². The van der Waals surface area contributed by atoms with Crippen LogP contribution in [0, 0.1) is 0 Å². The number of benzene rings is 2. The molecule has 0 unspecified atom stereocenters. The SMILES string of the molecule is CC(C)c1ccc(NC(=O)[C@@H]2C[C@H](c3ccn(C(C)(C)C)n3)[C@H](c3ccc(C(F)(F)F)cc3)N2)cc1. The second kappa shape index (κ2) is 9.73. The number of alkyl halides is 3. The summed E-state index contributed by atoms with van der Waals surface area (Å²) in [4.78, 5) is 13.2. The molecule has 0 radical (unpaired) electrons. The highest BCUT2D eigenvalue weighted by Crippen LogP contribution is 2.41. The lowest BCUT2D eigenvalue weighted by molar-refractivity contribution is -0.137. The fraction of sp³-hybridized carbons (Fsp3) is 0.429. The molecule has 36 heavy (non-hydrogen) atoms. The van der Waals surface area contributed by atoms with Gasteiger partial charge in [0.15, 0.2) is 0 Å². The van der Waals surface area contributed by atoms with Gasteiger partial charge in [-0.2, -0.15) is 18.3 Å². The van der Waals surface area contributed by atoms with Gasteiger partial charge in [0.25, 0.3) is 0 Å². The Bertz CT molecular complexity index is 1190. The van der Waals surface area contributed by atoms with Gasteiger partial charge in [0, 0.05) is 23.8 Å². The summed E-state index contributed by atoms with van der Waals surface area (Å²) in [6.07, 6.45) is -2.02. The first kappa shape index (κ1) is 25.9. The molecule has 192 valence electrons. The molecule has 0 saturated carbocycles. The molecule has 0 aliphatic carbocycles. The highest BCUT2D eigenvalue weighted by Gasteiger charge is 2.41. The predicted octanol–water partition coefficient (Wildman–Crippen LogP) is 6.61. The van der Waals surface area contributed by atoms with Crippen LogP contribution in [0.5, 0.6) is 0 Å².